The third-order valence-electron chi connectivity index (χ3n) is 4.23. The fourth-order valence-electron chi connectivity index (χ4n) is 2.96. The van der Waals surface area contributed by atoms with Crippen molar-refractivity contribution in [3.8, 4) is 0 Å². The molecule has 22 heavy (non-hydrogen) atoms. The number of hydrogen-bond acceptors (Lipinski definition) is 2. The molecule has 0 aliphatic heterocycles. The maximum absolute atomic E-state index is 12.1. The molecular weight excluding hydrogens is 346 g/mol. The summed E-state index contributed by atoms with van der Waals surface area (Å²) < 4.78 is 1.02. The molecule has 1 aliphatic rings. The first kappa shape index (κ1) is 17.0. The monoisotopic (exact) mass is 367 g/mol. The Hall–Kier alpha value is -1.36. The maximum atomic E-state index is 12.1. The average Bonchev–Trinajstić information content (AvgIpc) is 2.72. The van der Waals surface area contributed by atoms with Crippen LogP contribution in [0.2, 0.25) is 0 Å². The first-order chi connectivity index (χ1) is 10.6. The van der Waals surface area contributed by atoms with E-state index in [0.717, 1.165) is 35.7 Å². The normalized spacial score (nSPS) is 21.9. The molecule has 2 atom stereocenters. The van der Waals surface area contributed by atoms with Gasteiger partial charge in [0.15, 0.2) is 0 Å². The van der Waals surface area contributed by atoms with E-state index in [-0.39, 0.29) is 11.9 Å². The zero-order chi connectivity index (χ0) is 15.9. The van der Waals surface area contributed by atoms with E-state index in [1.165, 1.54) is 0 Å². The van der Waals surface area contributed by atoms with Crippen LogP contribution in [0.5, 0.6) is 0 Å². The van der Waals surface area contributed by atoms with Gasteiger partial charge in [-0.25, -0.2) is 0 Å². The second-order valence-corrected chi connectivity index (χ2v) is 6.80. The second-order valence-electron chi connectivity index (χ2n) is 5.88. The molecule has 0 unspecified atom stereocenters. The summed E-state index contributed by atoms with van der Waals surface area (Å²) in [4.78, 5) is 23.5. The minimum atomic E-state index is -0.792. The summed E-state index contributed by atoms with van der Waals surface area (Å²) in [5, 5.41) is 12.3. The number of amides is 1. The maximum Gasteiger partial charge on any atom is 0.308 e. The SMILES string of the molecule is O=C(CCc1ccc(Br)cc1)N[C@H]1CCCCC[C@H]1C(=O)O. The van der Waals surface area contributed by atoms with Crippen molar-refractivity contribution in [3.63, 3.8) is 0 Å². The number of halogens is 1. The Morgan fingerprint density at radius 2 is 1.82 bits per heavy atom. The van der Waals surface area contributed by atoms with Crippen LogP contribution in [0, 0.1) is 5.92 Å². The fourth-order valence-corrected chi connectivity index (χ4v) is 3.23. The predicted molar refractivity (Wildman–Crippen MR) is 88.6 cm³/mol. The van der Waals surface area contributed by atoms with Gasteiger partial charge in [-0.05, 0) is 37.0 Å². The van der Waals surface area contributed by atoms with E-state index < -0.39 is 11.9 Å². The van der Waals surface area contributed by atoms with Crippen LogP contribution >= 0.6 is 15.9 Å². The van der Waals surface area contributed by atoms with Crippen molar-refractivity contribution in [1.82, 2.24) is 5.32 Å². The fraction of sp³-hybridized carbons (Fsp3) is 0.529. The summed E-state index contributed by atoms with van der Waals surface area (Å²) in [5.41, 5.74) is 1.11. The number of carboxylic acids is 1. The molecule has 2 rings (SSSR count). The van der Waals surface area contributed by atoms with Crippen LogP contribution in [0.4, 0.5) is 0 Å². The van der Waals surface area contributed by atoms with Gasteiger partial charge in [-0.2, -0.15) is 0 Å². The number of rotatable bonds is 5. The molecule has 1 aliphatic carbocycles. The van der Waals surface area contributed by atoms with Crippen molar-refractivity contribution >= 4 is 27.8 Å². The molecular formula is C17H22BrNO3. The first-order valence-corrected chi connectivity index (χ1v) is 8.62. The highest BCUT2D eigenvalue weighted by atomic mass is 79.9. The minimum absolute atomic E-state index is 0.0546. The van der Waals surface area contributed by atoms with Gasteiger partial charge in [-0.1, -0.05) is 47.3 Å². The van der Waals surface area contributed by atoms with Crippen molar-refractivity contribution in [2.24, 2.45) is 5.92 Å². The molecule has 0 saturated heterocycles. The predicted octanol–water partition coefficient (Wildman–Crippen LogP) is 3.53. The van der Waals surface area contributed by atoms with Crippen LogP contribution in [0.3, 0.4) is 0 Å². The lowest BCUT2D eigenvalue weighted by Crippen LogP contribution is -2.42. The van der Waals surface area contributed by atoms with Crippen LogP contribution in [0.1, 0.15) is 44.1 Å². The lowest BCUT2D eigenvalue weighted by Gasteiger charge is -2.22. The summed E-state index contributed by atoms with van der Waals surface area (Å²) in [6, 6.07) is 7.67. The van der Waals surface area contributed by atoms with E-state index in [1.54, 1.807) is 0 Å². The highest BCUT2D eigenvalue weighted by Gasteiger charge is 2.30. The van der Waals surface area contributed by atoms with Gasteiger partial charge < -0.3 is 10.4 Å². The lowest BCUT2D eigenvalue weighted by molar-refractivity contribution is -0.143. The number of nitrogens with one attached hydrogen (secondary N) is 1. The molecule has 4 nitrogen and oxygen atoms in total. The van der Waals surface area contributed by atoms with Crippen LogP contribution in [-0.2, 0) is 16.0 Å². The molecule has 2 N–H and O–H groups in total. The summed E-state index contributed by atoms with van der Waals surface area (Å²) in [6.45, 7) is 0. The van der Waals surface area contributed by atoms with E-state index in [1.807, 2.05) is 24.3 Å². The Bertz CT molecular complexity index is 515. The van der Waals surface area contributed by atoms with Gasteiger partial charge >= 0.3 is 5.97 Å². The smallest absolute Gasteiger partial charge is 0.308 e. The van der Waals surface area contributed by atoms with E-state index >= 15 is 0 Å². The number of hydrogen-bond donors (Lipinski definition) is 2. The molecule has 0 spiro atoms. The average molecular weight is 368 g/mol. The summed E-state index contributed by atoms with van der Waals surface area (Å²) in [5.74, 6) is -1.29. The van der Waals surface area contributed by atoms with Gasteiger partial charge in [-0.15, -0.1) is 0 Å². The van der Waals surface area contributed by atoms with Gasteiger partial charge in [0, 0.05) is 16.9 Å². The number of carboxylic acid groups (broad SMARTS) is 1. The molecule has 0 radical (unpaired) electrons. The molecule has 1 aromatic carbocycles. The van der Waals surface area contributed by atoms with E-state index in [0.29, 0.717) is 19.3 Å². The minimum Gasteiger partial charge on any atom is -0.481 e. The van der Waals surface area contributed by atoms with E-state index in [4.69, 9.17) is 0 Å². The number of aliphatic carboxylic acids is 1. The Labute approximate surface area is 139 Å². The summed E-state index contributed by atoms with van der Waals surface area (Å²) >= 11 is 3.38. The Kier molecular flexibility index (Phi) is 6.43. The topological polar surface area (TPSA) is 66.4 Å². The van der Waals surface area contributed by atoms with E-state index in [2.05, 4.69) is 21.2 Å². The molecule has 120 valence electrons. The Balaban J connectivity index is 1.86. The molecule has 0 bridgehead atoms. The Morgan fingerprint density at radius 3 is 2.50 bits per heavy atom. The van der Waals surface area contributed by atoms with Crippen molar-refractivity contribution < 1.29 is 14.7 Å². The van der Waals surface area contributed by atoms with E-state index in [9.17, 15) is 14.7 Å². The highest BCUT2D eigenvalue weighted by molar-refractivity contribution is 9.10. The van der Waals surface area contributed by atoms with Gasteiger partial charge in [0.1, 0.15) is 0 Å². The standard InChI is InChI=1S/C17H22BrNO3/c18-13-9-6-12(7-10-13)8-11-16(20)19-15-5-3-1-2-4-14(15)17(21)22/h6-7,9-10,14-15H,1-5,8,11H2,(H,19,20)(H,21,22)/t14-,15+/m1/s1. The number of carbonyl (C=O) groups is 2. The van der Waals surface area contributed by atoms with Crippen molar-refractivity contribution in [2.75, 3.05) is 0 Å². The second kappa shape index (κ2) is 8.32. The molecule has 1 aromatic rings. The van der Waals surface area contributed by atoms with Gasteiger partial charge in [0.2, 0.25) is 5.91 Å². The zero-order valence-corrected chi connectivity index (χ0v) is 14.1. The Morgan fingerprint density at radius 1 is 1.14 bits per heavy atom. The molecule has 1 fully saturated rings. The zero-order valence-electron chi connectivity index (χ0n) is 12.6. The molecule has 1 saturated carbocycles. The van der Waals surface area contributed by atoms with Crippen LogP contribution < -0.4 is 5.32 Å². The molecule has 5 heteroatoms. The van der Waals surface area contributed by atoms with Gasteiger partial charge in [0.05, 0.1) is 5.92 Å². The first-order valence-electron chi connectivity index (χ1n) is 7.83. The summed E-state index contributed by atoms with van der Waals surface area (Å²) in [7, 11) is 0. The largest absolute Gasteiger partial charge is 0.481 e. The number of benzene rings is 1. The van der Waals surface area contributed by atoms with Gasteiger partial charge in [-0.3, -0.25) is 9.59 Å². The van der Waals surface area contributed by atoms with Gasteiger partial charge in [0.25, 0.3) is 0 Å². The third-order valence-corrected chi connectivity index (χ3v) is 4.76. The molecule has 1 amide bonds. The number of carbonyl (C=O) groups excluding carboxylic acids is 1. The molecule has 0 aromatic heterocycles. The van der Waals surface area contributed by atoms with Crippen LogP contribution in [-0.4, -0.2) is 23.0 Å². The van der Waals surface area contributed by atoms with Crippen molar-refractivity contribution in [3.05, 3.63) is 34.3 Å². The quantitative estimate of drug-likeness (QED) is 0.782. The van der Waals surface area contributed by atoms with Crippen LogP contribution in [0.25, 0.3) is 0 Å². The van der Waals surface area contributed by atoms with Crippen molar-refractivity contribution in [1.29, 1.82) is 0 Å². The van der Waals surface area contributed by atoms with Crippen LogP contribution in [0.15, 0.2) is 28.7 Å². The summed E-state index contributed by atoms with van der Waals surface area (Å²) in [6.07, 6.45) is 5.46. The number of aryl methyl sites for hydroxylation is 1. The molecule has 0 heterocycles. The highest BCUT2D eigenvalue weighted by Crippen LogP contribution is 2.24. The van der Waals surface area contributed by atoms with Crippen molar-refractivity contribution in [2.45, 2.75) is 51.0 Å². The third kappa shape index (κ3) is 5.13. The lowest BCUT2D eigenvalue weighted by atomic mass is 9.94.